The van der Waals surface area contributed by atoms with Gasteiger partial charge in [-0.25, -0.2) is 9.97 Å². The largest absolute Gasteiger partial charge is 0.488 e. The Morgan fingerprint density at radius 1 is 1.24 bits per heavy atom. The smallest absolute Gasteiger partial charge is 0.423 e. The van der Waals surface area contributed by atoms with Crippen molar-refractivity contribution >= 4 is 35.3 Å². The first kappa shape index (κ1) is 16.9. The molecule has 0 saturated heterocycles. The van der Waals surface area contributed by atoms with Gasteiger partial charge in [0.25, 0.3) is 5.91 Å². The van der Waals surface area contributed by atoms with Crippen LogP contribution in [-0.4, -0.2) is 44.6 Å². The zero-order valence-electron chi connectivity index (χ0n) is 13.7. The van der Waals surface area contributed by atoms with Crippen LogP contribution < -0.4 is 16.1 Å². The van der Waals surface area contributed by atoms with E-state index in [1.807, 2.05) is 6.92 Å². The Morgan fingerprint density at radius 2 is 2.00 bits per heavy atom. The number of carbonyl (C=O) groups is 1. The van der Waals surface area contributed by atoms with Gasteiger partial charge in [0, 0.05) is 19.3 Å². The summed E-state index contributed by atoms with van der Waals surface area (Å²) >= 11 is 0. The summed E-state index contributed by atoms with van der Waals surface area (Å²) < 4.78 is 0. The molecule has 0 aliphatic rings. The van der Waals surface area contributed by atoms with Gasteiger partial charge in [-0.05, 0) is 17.9 Å². The van der Waals surface area contributed by atoms with E-state index in [1.165, 1.54) is 6.33 Å². The van der Waals surface area contributed by atoms with Crippen LogP contribution in [0.25, 0.3) is 11.0 Å². The van der Waals surface area contributed by atoms with Gasteiger partial charge in [-0.15, -0.1) is 0 Å². The first-order chi connectivity index (χ1) is 12.1. The number of fused-ring (bicyclic) bond motifs is 1. The normalized spacial score (nSPS) is 10.7. The van der Waals surface area contributed by atoms with Crippen molar-refractivity contribution in [3.8, 4) is 0 Å². The number of aromatic nitrogens is 3. The number of benzene rings is 1. The molecule has 1 amide bonds. The van der Waals surface area contributed by atoms with Crippen molar-refractivity contribution in [3.05, 3.63) is 47.9 Å². The number of carbonyl (C=O) groups excluding carboxylic acids is 1. The van der Waals surface area contributed by atoms with Crippen molar-refractivity contribution in [1.82, 2.24) is 20.3 Å². The predicted molar refractivity (Wildman–Crippen MR) is 95.5 cm³/mol. The molecule has 3 aromatic rings. The highest BCUT2D eigenvalue weighted by Gasteiger charge is 2.15. The monoisotopic (exact) mass is 339 g/mol. The number of rotatable bonds is 6. The standard InChI is InChI=1S/C16H18BN5O3/c1-2-18-16(23)12-8-19-14-13(12)21-9-22-15(14)20-7-10-3-5-11(6-4-10)17(24)25/h3-6,8-9,19,24-25H,2,7H2,1H3,(H,18,23)(H,20,21,22). The third-order valence-corrected chi connectivity index (χ3v) is 3.78. The van der Waals surface area contributed by atoms with Crippen molar-refractivity contribution in [3.63, 3.8) is 0 Å². The molecule has 3 rings (SSSR count). The molecule has 0 atom stereocenters. The quantitative estimate of drug-likeness (QED) is 0.403. The molecular weight excluding hydrogens is 321 g/mol. The maximum atomic E-state index is 12.0. The summed E-state index contributed by atoms with van der Waals surface area (Å²) in [5.41, 5.74) is 3.08. The highest BCUT2D eigenvalue weighted by atomic mass is 16.4. The minimum atomic E-state index is -1.48. The topological polar surface area (TPSA) is 123 Å². The van der Waals surface area contributed by atoms with E-state index >= 15 is 0 Å². The first-order valence-corrected chi connectivity index (χ1v) is 7.89. The summed E-state index contributed by atoms with van der Waals surface area (Å²) in [6.45, 7) is 2.89. The zero-order chi connectivity index (χ0) is 17.8. The number of nitrogens with one attached hydrogen (secondary N) is 3. The summed E-state index contributed by atoms with van der Waals surface area (Å²) in [5.74, 6) is 0.406. The lowest BCUT2D eigenvalue weighted by molar-refractivity contribution is 0.0957. The van der Waals surface area contributed by atoms with Gasteiger partial charge in [-0.1, -0.05) is 24.3 Å². The number of aromatic amines is 1. The molecule has 1 aromatic carbocycles. The molecule has 128 valence electrons. The fourth-order valence-electron chi connectivity index (χ4n) is 2.50. The Hall–Kier alpha value is -2.91. The second-order valence-electron chi connectivity index (χ2n) is 5.48. The number of H-pyrrole nitrogens is 1. The minimum Gasteiger partial charge on any atom is -0.423 e. The summed E-state index contributed by atoms with van der Waals surface area (Å²) in [6.07, 6.45) is 3.03. The van der Waals surface area contributed by atoms with Crippen molar-refractivity contribution in [2.75, 3.05) is 11.9 Å². The lowest BCUT2D eigenvalue weighted by Gasteiger charge is -2.07. The highest BCUT2D eigenvalue weighted by molar-refractivity contribution is 6.58. The van der Waals surface area contributed by atoms with Crippen LogP contribution in [0, 0.1) is 0 Å². The van der Waals surface area contributed by atoms with Gasteiger partial charge in [-0.2, -0.15) is 0 Å². The molecule has 0 spiro atoms. The average Bonchev–Trinajstić information content (AvgIpc) is 3.05. The Morgan fingerprint density at radius 3 is 2.68 bits per heavy atom. The average molecular weight is 339 g/mol. The number of amides is 1. The van der Waals surface area contributed by atoms with Crippen LogP contribution in [0.2, 0.25) is 0 Å². The Kier molecular flexibility index (Phi) is 4.96. The van der Waals surface area contributed by atoms with Crippen molar-refractivity contribution < 1.29 is 14.8 Å². The highest BCUT2D eigenvalue weighted by Crippen LogP contribution is 2.21. The van der Waals surface area contributed by atoms with Gasteiger partial charge >= 0.3 is 7.12 Å². The molecule has 0 saturated carbocycles. The van der Waals surface area contributed by atoms with Gasteiger partial charge in [0.2, 0.25) is 0 Å². The molecule has 0 unspecified atom stereocenters. The summed E-state index contributed by atoms with van der Waals surface area (Å²) in [7, 11) is -1.48. The molecule has 5 N–H and O–H groups in total. The Labute approximate surface area is 144 Å². The second kappa shape index (κ2) is 7.33. The number of anilines is 1. The van der Waals surface area contributed by atoms with Gasteiger partial charge in [-0.3, -0.25) is 4.79 Å². The molecule has 0 radical (unpaired) electrons. The van der Waals surface area contributed by atoms with E-state index in [2.05, 4.69) is 25.6 Å². The summed E-state index contributed by atoms with van der Waals surface area (Å²) in [4.78, 5) is 23.5. The van der Waals surface area contributed by atoms with Crippen LogP contribution in [0.5, 0.6) is 0 Å². The molecule has 8 nitrogen and oxygen atoms in total. The molecule has 2 aromatic heterocycles. The molecule has 2 heterocycles. The van der Waals surface area contributed by atoms with Crippen molar-refractivity contribution in [2.24, 2.45) is 0 Å². The maximum Gasteiger partial charge on any atom is 0.488 e. The fourth-order valence-corrected chi connectivity index (χ4v) is 2.50. The zero-order valence-corrected chi connectivity index (χ0v) is 13.7. The van der Waals surface area contributed by atoms with Crippen molar-refractivity contribution in [1.29, 1.82) is 0 Å². The molecule has 0 aliphatic heterocycles. The van der Waals surface area contributed by atoms with Gasteiger partial charge in [0.05, 0.1) is 5.56 Å². The SMILES string of the molecule is CCNC(=O)c1c[nH]c2c(NCc3ccc(B(O)O)cc3)ncnc12. The van der Waals surface area contributed by atoms with E-state index in [0.717, 1.165) is 5.56 Å². The van der Waals surface area contributed by atoms with E-state index in [4.69, 9.17) is 10.0 Å². The molecule has 9 heteroatoms. The minimum absolute atomic E-state index is 0.184. The summed E-state index contributed by atoms with van der Waals surface area (Å²) in [5, 5.41) is 24.2. The Balaban J connectivity index is 1.79. The van der Waals surface area contributed by atoms with Gasteiger partial charge in [0.15, 0.2) is 5.82 Å². The lowest BCUT2D eigenvalue weighted by atomic mass is 9.80. The van der Waals surface area contributed by atoms with E-state index in [0.29, 0.717) is 41.0 Å². The van der Waals surface area contributed by atoms with Crippen LogP contribution in [0.4, 0.5) is 5.82 Å². The van der Waals surface area contributed by atoms with Gasteiger partial charge < -0.3 is 25.7 Å². The van der Waals surface area contributed by atoms with Crippen LogP contribution in [0.1, 0.15) is 22.8 Å². The molecule has 25 heavy (non-hydrogen) atoms. The summed E-state index contributed by atoms with van der Waals surface area (Å²) in [6, 6.07) is 6.90. The first-order valence-electron chi connectivity index (χ1n) is 7.89. The van der Waals surface area contributed by atoms with E-state index < -0.39 is 7.12 Å². The lowest BCUT2D eigenvalue weighted by Crippen LogP contribution is -2.29. The van der Waals surface area contributed by atoms with E-state index in [-0.39, 0.29) is 5.91 Å². The van der Waals surface area contributed by atoms with Crippen LogP contribution in [-0.2, 0) is 6.54 Å². The number of nitrogens with zero attached hydrogens (tertiary/aromatic N) is 2. The van der Waals surface area contributed by atoms with Crippen LogP contribution in [0.3, 0.4) is 0 Å². The number of hydrogen-bond donors (Lipinski definition) is 5. The third kappa shape index (κ3) is 3.62. The van der Waals surface area contributed by atoms with Gasteiger partial charge in [0.1, 0.15) is 17.4 Å². The van der Waals surface area contributed by atoms with E-state index in [9.17, 15) is 4.79 Å². The molecule has 0 aliphatic carbocycles. The maximum absolute atomic E-state index is 12.0. The molecular formula is C16H18BN5O3. The molecule has 0 bridgehead atoms. The Bertz CT molecular complexity index is 879. The molecule has 0 fully saturated rings. The fraction of sp³-hybridized carbons (Fsp3) is 0.188. The van der Waals surface area contributed by atoms with E-state index in [1.54, 1.807) is 30.5 Å². The third-order valence-electron chi connectivity index (χ3n) is 3.78. The second-order valence-corrected chi connectivity index (χ2v) is 5.48. The number of hydrogen-bond acceptors (Lipinski definition) is 6. The van der Waals surface area contributed by atoms with Crippen molar-refractivity contribution in [2.45, 2.75) is 13.5 Å². The predicted octanol–water partition coefficient (Wildman–Crippen LogP) is -0.000500. The van der Waals surface area contributed by atoms with Crippen LogP contribution in [0.15, 0.2) is 36.8 Å². The van der Waals surface area contributed by atoms with Crippen LogP contribution >= 0.6 is 0 Å².